The normalized spacial score (nSPS) is 15.6. The number of rotatable bonds is 3. The summed E-state index contributed by atoms with van der Waals surface area (Å²) in [5.41, 5.74) is 9.46. The molecule has 3 rings (SSSR count). The van der Waals surface area contributed by atoms with Gasteiger partial charge in [-0.3, -0.25) is 4.68 Å². The summed E-state index contributed by atoms with van der Waals surface area (Å²) in [7, 11) is 3.59. The van der Waals surface area contributed by atoms with Crippen LogP contribution in [0.2, 0.25) is 0 Å². The minimum absolute atomic E-state index is 0.578. The van der Waals surface area contributed by atoms with Crippen LogP contribution in [0.15, 0.2) is 22.8 Å². The van der Waals surface area contributed by atoms with E-state index in [1.165, 1.54) is 31.2 Å². The van der Waals surface area contributed by atoms with Crippen molar-refractivity contribution < 1.29 is 4.74 Å². The molecule has 0 bridgehead atoms. The minimum Gasteiger partial charge on any atom is -0.495 e. The molecule has 1 aromatic carbocycles. The number of methoxy groups -OCH3 is 1. The molecular formula is C16H20BrN3O. The maximum absolute atomic E-state index is 6.11. The van der Waals surface area contributed by atoms with E-state index in [2.05, 4.69) is 33.2 Å². The third-order valence-electron chi connectivity index (χ3n) is 4.37. The van der Waals surface area contributed by atoms with E-state index in [1.54, 1.807) is 11.8 Å². The molecule has 1 heterocycles. The molecule has 0 aliphatic heterocycles. The van der Waals surface area contributed by atoms with Crippen molar-refractivity contribution >= 4 is 21.7 Å². The van der Waals surface area contributed by atoms with Gasteiger partial charge in [-0.15, -0.1) is 0 Å². The highest BCUT2D eigenvalue weighted by Gasteiger charge is 2.23. The Kier molecular flexibility index (Phi) is 3.93. The molecule has 21 heavy (non-hydrogen) atoms. The Labute approximate surface area is 133 Å². The lowest BCUT2D eigenvalue weighted by Gasteiger charge is -2.17. The number of nitrogen functional groups attached to an aromatic ring is 1. The summed E-state index contributed by atoms with van der Waals surface area (Å²) in [6, 6.07) is 4.28. The lowest BCUT2D eigenvalue weighted by Crippen LogP contribution is -2.00. The van der Waals surface area contributed by atoms with Crippen LogP contribution >= 0.6 is 15.9 Å². The van der Waals surface area contributed by atoms with Crippen LogP contribution in [0.5, 0.6) is 5.75 Å². The van der Waals surface area contributed by atoms with Gasteiger partial charge in [-0.1, -0.05) is 12.8 Å². The van der Waals surface area contributed by atoms with Crippen molar-refractivity contribution in [2.75, 3.05) is 12.8 Å². The van der Waals surface area contributed by atoms with Crippen LogP contribution in [0, 0.1) is 0 Å². The van der Waals surface area contributed by atoms with Crippen molar-refractivity contribution in [3.05, 3.63) is 28.4 Å². The number of aryl methyl sites for hydroxylation is 1. The third kappa shape index (κ3) is 2.55. The summed E-state index contributed by atoms with van der Waals surface area (Å²) in [6.07, 6.45) is 6.88. The summed E-state index contributed by atoms with van der Waals surface area (Å²) in [5, 5.41) is 4.24. The van der Waals surface area contributed by atoms with Crippen LogP contribution in [0.3, 0.4) is 0 Å². The van der Waals surface area contributed by atoms with E-state index in [1.807, 2.05) is 13.2 Å². The van der Waals surface area contributed by atoms with Gasteiger partial charge in [-0.25, -0.2) is 0 Å². The Balaban J connectivity index is 2.12. The zero-order valence-electron chi connectivity index (χ0n) is 12.4. The number of ether oxygens (including phenoxy) is 1. The van der Waals surface area contributed by atoms with Gasteiger partial charge in [0.2, 0.25) is 0 Å². The number of hydrogen-bond acceptors (Lipinski definition) is 3. The summed E-state index contributed by atoms with van der Waals surface area (Å²) in [4.78, 5) is 0. The first kappa shape index (κ1) is 14.4. The van der Waals surface area contributed by atoms with E-state index < -0.39 is 0 Å². The van der Waals surface area contributed by atoms with Gasteiger partial charge >= 0.3 is 0 Å². The van der Waals surface area contributed by atoms with Gasteiger partial charge in [0.15, 0.2) is 0 Å². The molecule has 0 unspecified atom stereocenters. The molecule has 1 fully saturated rings. The maximum atomic E-state index is 6.11. The predicted molar refractivity (Wildman–Crippen MR) is 88.5 cm³/mol. The molecule has 0 saturated heterocycles. The second kappa shape index (κ2) is 5.72. The SMILES string of the molecule is COc1c(Br)cc(-c2cnn(C)c2N)cc1C1CCCC1. The fraction of sp³-hybridized carbons (Fsp3) is 0.438. The molecule has 5 heteroatoms. The van der Waals surface area contributed by atoms with Gasteiger partial charge in [-0.2, -0.15) is 5.10 Å². The second-order valence-electron chi connectivity index (χ2n) is 5.63. The number of nitrogens with two attached hydrogens (primary N) is 1. The van der Waals surface area contributed by atoms with Crippen molar-refractivity contribution in [3.8, 4) is 16.9 Å². The molecule has 4 nitrogen and oxygen atoms in total. The van der Waals surface area contributed by atoms with Crippen LogP contribution in [0.1, 0.15) is 37.2 Å². The third-order valence-corrected chi connectivity index (χ3v) is 4.96. The molecule has 1 aliphatic carbocycles. The van der Waals surface area contributed by atoms with Gasteiger partial charge in [0.05, 0.1) is 17.8 Å². The van der Waals surface area contributed by atoms with Crippen LogP contribution in [-0.4, -0.2) is 16.9 Å². The Bertz CT molecular complexity index is 660. The Morgan fingerprint density at radius 3 is 2.62 bits per heavy atom. The van der Waals surface area contributed by atoms with Crippen LogP contribution in [0.25, 0.3) is 11.1 Å². The number of nitrogens with zero attached hydrogens (tertiary/aromatic N) is 2. The summed E-state index contributed by atoms with van der Waals surface area (Å²) in [5.74, 6) is 2.21. The maximum Gasteiger partial charge on any atom is 0.136 e. The van der Waals surface area contributed by atoms with Gasteiger partial charge in [0, 0.05) is 12.6 Å². The molecule has 0 amide bonds. The highest BCUT2D eigenvalue weighted by Crippen LogP contribution is 2.44. The molecule has 112 valence electrons. The highest BCUT2D eigenvalue weighted by molar-refractivity contribution is 9.10. The van der Waals surface area contributed by atoms with Crippen molar-refractivity contribution in [1.29, 1.82) is 0 Å². The van der Waals surface area contributed by atoms with E-state index in [4.69, 9.17) is 10.5 Å². The van der Waals surface area contributed by atoms with Crippen LogP contribution in [0.4, 0.5) is 5.82 Å². The quantitative estimate of drug-likeness (QED) is 0.907. The van der Waals surface area contributed by atoms with Crippen molar-refractivity contribution in [3.63, 3.8) is 0 Å². The average molecular weight is 350 g/mol. The Morgan fingerprint density at radius 1 is 1.33 bits per heavy atom. The zero-order valence-corrected chi connectivity index (χ0v) is 14.0. The summed E-state index contributed by atoms with van der Waals surface area (Å²) < 4.78 is 8.29. The molecule has 1 aliphatic rings. The van der Waals surface area contributed by atoms with Gasteiger partial charge in [0.1, 0.15) is 11.6 Å². The number of aromatic nitrogens is 2. The van der Waals surface area contributed by atoms with Crippen LogP contribution in [-0.2, 0) is 7.05 Å². The van der Waals surface area contributed by atoms with Crippen molar-refractivity contribution in [2.45, 2.75) is 31.6 Å². The standard InChI is InChI=1S/C16H20BrN3O/c1-20-16(18)13(9-19-20)11-7-12(10-5-3-4-6-10)15(21-2)14(17)8-11/h7-10H,3-6,18H2,1-2H3. The molecule has 1 aromatic heterocycles. The molecule has 0 radical (unpaired) electrons. The first-order valence-corrected chi connectivity index (χ1v) is 8.06. The highest BCUT2D eigenvalue weighted by atomic mass is 79.9. The monoisotopic (exact) mass is 349 g/mol. The molecule has 1 saturated carbocycles. The molecule has 2 N–H and O–H groups in total. The second-order valence-corrected chi connectivity index (χ2v) is 6.48. The Morgan fingerprint density at radius 2 is 2.05 bits per heavy atom. The number of benzene rings is 1. The van der Waals surface area contributed by atoms with Crippen LogP contribution < -0.4 is 10.5 Å². The smallest absolute Gasteiger partial charge is 0.136 e. The van der Waals surface area contributed by atoms with Gasteiger partial charge < -0.3 is 10.5 Å². The Hall–Kier alpha value is -1.49. The largest absolute Gasteiger partial charge is 0.495 e. The number of halogens is 1. The van der Waals surface area contributed by atoms with E-state index >= 15 is 0 Å². The lowest BCUT2D eigenvalue weighted by molar-refractivity contribution is 0.403. The number of anilines is 1. The molecular weight excluding hydrogens is 330 g/mol. The van der Waals surface area contributed by atoms with Gasteiger partial charge in [0.25, 0.3) is 0 Å². The van der Waals surface area contributed by atoms with Gasteiger partial charge in [-0.05, 0) is 57.9 Å². The molecule has 0 spiro atoms. The molecule has 2 aromatic rings. The lowest BCUT2D eigenvalue weighted by atomic mass is 9.93. The fourth-order valence-corrected chi connectivity index (χ4v) is 3.83. The summed E-state index contributed by atoms with van der Waals surface area (Å²) >= 11 is 3.64. The zero-order chi connectivity index (χ0) is 15.0. The first-order valence-electron chi connectivity index (χ1n) is 7.27. The van der Waals surface area contributed by atoms with E-state index in [0.29, 0.717) is 11.7 Å². The molecule has 0 atom stereocenters. The topological polar surface area (TPSA) is 53.1 Å². The fourth-order valence-electron chi connectivity index (χ4n) is 3.20. The number of hydrogen-bond donors (Lipinski definition) is 1. The predicted octanol–water partition coefficient (Wildman–Crippen LogP) is 4.10. The summed E-state index contributed by atoms with van der Waals surface area (Å²) in [6.45, 7) is 0. The first-order chi connectivity index (χ1) is 10.1. The van der Waals surface area contributed by atoms with E-state index in [9.17, 15) is 0 Å². The van der Waals surface area contributed by atoms with Crippen molar-refractivity contribution in [1.82, 2.24) is 9.78 Å². The van der Waals surface area contributed by atoms with E-state index in [-0.39, 0.29) is 0 Å². The average Bonchev–Trinajstić information content (AvgIpc) is 3.10. The van der Waals surface area contributed by atoms with Crippen molar-refractivity contribution in [2.24, 2.45) is 7.05 Å². The van der Waals surface area contributed by atoms with E-state index in [0.717, 1.165) is 21.3 Å². The minimum atomic E-state index is 0.578.